The summed E-state index contributed by atoms with van der Waals surface area (Å²) in [5.74, 6) is -0.448. The van der Waals surface area contributed by atoms with E-state index in [1.54, 1.807) is 6.19 Å². The Balaban J connectivity index is 2.54. The molecule has 1 aromatic rings. The van der Waals surface area contributed by atoms with Crippen LogP contribution in [0, 0.1) is 11.5 Å². The largest absolute Gasteiger partial charge is 0.320 e. The molecule has 0 unspecified atom stereocenters. The monoisotopic (exact) mass is 189 g/mol. The summed E-state index contributed by atoms with van der Waals surface area (Å²) in [6.07, 6.45) is 1.99. The summed E-state index contributed by atoms with van der Waals surface area (Å²) in [5.41, 5.74) is 6.55. The molecule has 72 valence electrons. The second-order valence-corrected chi connectivity index (χ2v) is 2.90. The number of nitriles is 1. The van der Waals surface area contributed by atoms with Gasteiger partial charge in [0, 0.05) is 0 Å². The molecule has 4 heteroatoms. The number of hydrogen-bond donors (Lipinski definition) is 2. The molecule has 1 amide bonds. The molecule has 0 saturated heterocycles. The van der Waals surface area contributed by atoms with Gasteiger partial charge in [-0.05, 0) is 12.0 Å². The third-order valence-corrected chi connectivity index (χ3v) is 1.81. The normalized spacial score (nSPS) is 11.4. The van der Waals surface area contributed by atoms with Crippen LogP contribution < -0.4 is 11.1 Å². The molecular formula is C10H11N3O. The van der Waals surface area contributed by atoms with Crippen LogP contribution in [0.15, 0.2) is 30.3 Å². The fraction of sp³-hybridized carbons (Fsp3) is 0.200. The summed E-state index contributed by atoms with van der Waals surface area (Å²) in [6, 6.07) is 8.76. The Labute approximate surface area is 82.3 Å². The summed E-state index contributed by atoms with van der Waals surface area (Å²) in [5, 5.41) is 10.2. The minimum atomic E-state index is -0.669. The number of hydrogen-bond acceptors (Lipinski definition) is 3. The Bertz CT molecular complexity index is 342. The van der Waals surface area contributed by atoms with Crippen molar-refractivity contribution in [3.63, 3.8) is 0 Å². The fourth-order valence-electron chi connectivity index (χ4n) is 1.11. The van der Waals surface area contributed by atoms with E-state index in [-0.39, 0.29) is 0 Å². The molecule has 0 fully saturated rings. The molecule has 0 aromatic heterocycles. The van der Waals surface area contributed by atoms with Gasteiger partial charge < -0.3 is 5.73 Å². The molecule has 1 aromatic carbocycles. The van der Waals surface area contributed by atoms with Gasteiger partial charge in [-0.25, -0.2) is 0 Å². The molecule has 0 aliphatic carbocycles. The summed E-state index contributed by atoms with van der Waals surface area (Å²) < 4.78 is 0. The number of nitrogens with zero attached hydrogens (tertiary/aromatic N) is 1. The summed E-state index contributed by atoms with van der Waals surface area (Å²) in [7, 11) is 0. The van der Waals surface area contributed by atoms with Crippen molar-refractivity contribution < 1.29 is 4.79 Å². The first-order valence-corrected chi connectivity index (χ1v) is 4.22. The molecule has 0 aliphatic rings. The Hall–Kier alpha value is -1.86. The van der Waals surface area contributed by atoms with Gasteiger partial charge in [-0.15, -0.1) is 0 Å². The van der Waals surface area contributed by atoms with Crippen molar-refractivity contribution in [3.8, 4) is 6.19 Å². The lowest BCUT2D eigenvalue weighted by Crippen LogP contribution is -2.39. The maximum absolute atomic E-state index is 11.1. The smallest absolute Gasteiger partial charge is 0.250 e. The first-order chi connectivity index (χ1) is 6.74. The Morgan fingerprint density at radius 2 is 2.14 bits per heavy atom. The van der Waals surface area contributed by atoms with Gasteiger partial charge >= 0.3 is 0 Å². The van der Waals surface area contributed by atoms with Gasteiger partial charge in [0.2, 0.25) is 5.91 Å². The first-order valence-electron chi connectivity index (χ1n) is 4.22. The second kappa shape index (κ2) is 5.00. The average molecular weight is 189 g/mol. The summed E-state index contributed by atoms with van der Waals surface area (Å²) in [4.78, 5) is 11.1. The SMILES string of the molecule is N#CNC(=O)[C@@H](N)Cc1ccccc1. The Morgan fingerprint density at radius 1 is 1.50 bits per heavy atom. The van der Waals surface area contributed by atoms with Gasteiger partial charge in [0.25, 0.3) is 0 Å². The van der Waals surface area contributed by atoms with Gasteiger partial charge in [0.15, 0.2) is 6.19 Å². The molecule has 0 heterocycles. The van der Waals surface area contributed by atoms with E-state index in [2.05, 4.69) is 0 Å². The Kier molecular flexibility index (Phi) is 3.65. The fourth-order valence-corrected chi connectivity index (χ4v) is 1.11. The van der Waals surface area contributed by atoms with E-state index in [1.807, 2.05) is 35.6 Å². The molecule has 4 nitrogen and oxygen atoms in total. The first kappa shape index (κ1) is 10.2. The molecule has 0 aliphatic heterocycles. The van der Waals surface area contributed by atoms with Crippen molar-refractivity contribution >= 4 is 5.91 Å². The van der Waals surface area contributed by atoms with Gasteiger partial charge in [0.1, 0.15) is 0 Å². The van der Waals surface area contributed by atoms with E-state index < -0.39 is 11.9 Å². The van der Waals surface area contributed by atoms with Gasteiger partial charge in [-0.1, -0.05) is 30.3 Å². The highest BCUT2D eigenvalue weighted by molar-refractivity contribution is 5.83. The van der Waals surface area contributed by atoms with Crippen molar-refractivity contribution in [3.05, 3.63) is 35.9 Å². The molecule has 1 rings (SSSR count). The zero-order valence-electron chi connectivity index (χ0n) is 7.60. The van der Waals surface area contributed by atoms with E-state index in [1.165, 1.54) is 0 Å². The third kappa shape index (κ3) is 2.88. The lowest BCUT2D eigenvalue weighted by atomic mass is 10.1. The quantitative estimate of drug-likeness (QED) is 0.525. The highest BCUT2D eigenvalue weighted by Gasteiger charge is 2.12. The van der Waals surface area contributed by atoms with E-state index in [9.17, 15) is 4.79 Å². The van der Waals surface area contributed by atoms with Crippen LogP contribution in [0.5, 0.6) is 0 Å². The predicted octanol–water partition coefficient (Wildman–Crippen LogP) is 0.154. The zero-order valence-corrected chi connectivity index (χ0v) is 7.60. The lowest BCUT2D eigenvalue weighted by molar-refractivity contribution is -0.121. The number of carbonyl (C=O) groups excluding carboxylic acids is 1. The molecular weight excluding hydrogens is 178 g/mol. The van der Waals surface area contributed by atoms with Crippen molar-refractivity contribution in [2.75, 3.05) is 0 Å². The predicted molar refractivity (Wildman–Crippen MR) is 51.9 cm³/mol. The summed E-state index contributed by atoms with van der Waals surface area (Å²) in [6.45, 7) is 0. The van der Waals surface area contributed by atoms with Crippen LogP contribution in [0.3, 0.4) is 0 Å². The highest BCUT2D eigenvalue weighted by Crippen LogP contribution is 2.01. The highest BCUT2D eigenvalue weighted by atomic mass is 16.2. The number of carbonyl (C=O) groups is 1. The molecule has 1 atom stereocenters. The standard InChI is InChI=1S/C10H11N3O/c11-7-13-10(14)9(12)6-8-4-2-1-3-5-8/h1-5,9H,6,12H2,(H,13,14)/t9-/m0/s1. The topological polar surface area (TPSA) is 78.9 Å². The molecule has 14 heavy (non-hydrogen) atoms. The number of nitrogens with two attached hydrogens (primary N) is 1. The van der Waals surface area contributed by atoms with Gasteiger partial charge in [-0.3, -0.25) is 10.1 Å². The molecule has 3 N–H and O–H groups in total. The van der Waals surface area contributed by atoms with Crippen LogP contribution in [-0.4, -0.2) is 11.9 Å². The average Bonchev–Trinajstić information content (AvgIpc) is 2.19. The molecule has 0 bridgehead atoms. The van der Waals surface area contributed by atoms with E-state index >= 15 is 0 Å². The number of amides is 1. The minimum Gasteiger partial charge on any atom is -0.320 e. The van der Waals surface area contributed by atoms with Crippen molar-refractivity contribution in [1.29, 1.82) is 5.26 Å². The number of nitrogens with one attached hydrogen (secondary N) is 1. The maximum Gasteiger partial charge on any atom is 0.250 e. The minimum absolute atomic E-state index is 0.439. The Morgan fingerprint density at radius 3 is 2.71 bits per heavy atom. The van der Waals surface area contributed by atoms with Gasteiger partial charge in [0.05, 0.1) is 6.04 Å². The van der Waals surface area contributed by atoms with E-state index in [0.717, 1.165) is 5.56 Å². The third-order valence-electron chi connectivity index (χ3n) is 1.81. The van der Waals surface area contributed by atoms with Crippen molar-refractivity contribution in [2.45, 2.75) is 12.5 Å². The second-order valence-electron chi connectivity index (χ2n) is 2.90. The van der Waals surface area contributed by atoms with Crippen LogP contribution in [-0.2, 0) is 11.2 Å². The van der Waals surface area contributed by atoms with Crippen LogP contribution in [0.2, 0.25) is 0 Å². The maximum atomic E-state index is 11.1. The zero-order chi connectivity index (χ0) is 10.4. The van der Waals surface area contributed by atoms with Crippen LogP contribution in [0.1, 0.15) is 5.56 Å². The summed E-state index contributed by atoms with van der Waals surface area (Å²) >= 11 is 0. The number of benzene rings is 1. The van der Waals surface area contributed by atoms with Crippen LogP contribution in [0.25, 0.3) is 0 Å². The molecule has 0 spiro atoms. The van der Waals surface area contributed by atoms with Crippen LogP contribution >= 0.6 is 0 Å². The van der Waals surface area contributed by atoms with E-state index in [4.69, 9.17) is 11.0 Å². The number of rotatable bonds is 3. The van der Waals surface area contributed by atoms with Crippen molar-refractivity contribution in [2.24, 2.45) is 5.73 Å². The molecule has 0 radical (unpaired) electrons. The van der Waals surface area contributed by atoms with E-state index in [0.29, 0.717) is 6.42 Å². The lowest BCUT2D eigenvalue weighted by Gasteiger charge is -2.08. The van der Waals surface area contributed by atoms with Crippen molar-refractivity contribution in [1.82, 2.24) is 5.32 Å². The van der Waals surface area contributed by atoms with Crippen LogP contribution in [0.4, 0.5) is 0 Å². The van der Waals surface area contributed by atoms with Gasteiger partial charge in [-0.2, -0.15) is 5.26 Å². The molecule has 0 saturated carbocycles.